The first kappa shape index (κ1) is 16.2. The fraction of sp³-hybridized carbons (Fsp3) is 0.462. The summed E-state index contributed by atoms with van der Waals surface area (Å²) in [4.78, 5) is 26.6. The van der Waals surface area contributed by atoms with Gasteiger partial charge in [-0.2, -0.15) is 0 Å². The third-order valence-electron chi connectivity index (χ3n) is 2.27. The van der Waals surface area contributed by atoms with Gasteiger partial charge in [-0.25, -0.2) is 9.59 Å². The lowest BCUT2D eigenvalue weighted by atomic mass is 10.1. The van der Waals surface area contributed by atoms with Gasteiger partial charge < -0.3 is 15.2 Å². The maximum absolute atomic E-state index is 11.6. The third-order valence-corrected chi connectivity index (χ3v) is 2.61. The van der Waals surface area contributed by atoms with E-state index in [1.54, 1.807) is 26.8 Å². The van der Waals surface area contributed by atoms with Gasteiger partial charge in [0.1, 0.15) is 11.6 Å². The maximum atomic E-state index is 11.6. The zero-order valence-electron chi connectivity index (χ0n) is 11.5. The molecule has 6 nitrogen and oxygen atoms in total. The zero-order chi connectivity index (χ0) is 15.3. The van der Waals surface area contributed by atoms with E-state index >= 15 is 0 Å². The summed E-state index contributed by atoms with van der Waals surface area (Å²) in [6, 6.07) is 0.486. The van der Waals surface area contributed by atoms with Crippen LogP contribution in [0.25, 0.3) is 0 Å². The highest BCUT2D eigenvalue weighted by Crippen LogP contribution is 2.16. The molecule has 1 rings (SSSR count). The van der Waals surface area contributed by atoms with Crippen molar-refractivity contribution in [3.8, 4) is 0 Å². The number of rotatable bonds is 4. The highest BCUT2D eigenvalue weighted by molar-refractivity contribution is 6.31. The number of amides is 1. The van der Waals surface area contributed by atoms with Crippen molar-refractivity contribution in [2.45, 2.75) is 38.8 Å². The smallest absolute Gasteiger partial charge is 0.408 e. The van der Waals surface area contributed by atoms with Crippen LogP contribution in [-0.2, 0) is 16.0 Å². The van der Waals surface area contributed by atoms with Gasteiger partial charge in [0, 0.05) is 18.8 Å². The van der Waals surface area contributed by atoms with Crippen molar-refractivity contribution in [1.29, 1.82) is 0 Å². The fourth-order valence-corrected chi connectivity index (χ4v) is 1.64. The van der Waals surface area contributed by atoms with E-state index in [0.29, 0.717) is 10.6 Å². The summed E-state index contributed by atoms with van der Waals surface area (Å²) in [7, 11) is 0. The molecule has 0 aromatic carbocycles. The number of pyridine rings is 1. The highest BCUT2D eigenvalue weighted by atomic mass is 35.5. The summed E-state index contributed by atoms with van der Waals surface area (Å²) in [5.74, 6) is -1.16. The van der Waals surface area contributed by atoms with E-state index < -0.39 is 23.7 Å². The molecular formula is C13H17ClN2O4. The number of carboxylic acids is 1. The van der Waals surface area contributed by atoms with Crippen LogP contribution in [0.1, 0.15) is 26.3 Å². The predicted molar refractivity (Wildman–Crippen MR) is 73.7 cm³/mol. The lowest BCUT2D eigenvalue weighted by molar-refractivity contribution is -0.139. The van der Waals surface area contributed by atoms with E-state index in [1.807, 2.05) is 0 Å². The van der Waals surface area contributed by atoms with Crippen LogP contribution in [-0.4, -0.2) is 33.8 Å². The lowest BCUT2D eigenvalue weighted by Crippen LogP contribution is -2.44. The highest BCUT2D eigenvalue weighted by Gasteiger charge is 2.24. The number of nitrogens with one attached hydrogen (secondary N) is 1. The van der Waals surface area contributed by atoms with Gasteiger partial charge in [-0.3, -0.25) is 4.98 Å². The van der Waals surface area contributed by atoms with Crippen molar-refractivity contribution >= 4 is 23.7 Å². The molecule has 0 aliphatic heterocycles. The Hall–Kier alpha value is -1.82. The average molecular weight is 301 g/mol. The topological polar surface area (TPSA) is 88.5 Å². The summed E-state index contributed by atoms with van der Waals surface area (Å²) < 4.78 is 5.03. The first-order valence-corrected chi connectivity index (χ1v) is 6.37. The number of aliphatic carboxylic acids is 1. The van der Waals surface area contributed by atoms with Gasteiger partial charge in [0.25, 0.3) is 0 Å². The summed E-state index contributed by atoms with van der Waals surface area (Å²) in [6.07, 6.45) is 2.20. The van der Waals surface area contributed by atoms with Crippen molar-refractivity contribution in [2.75, 3.05) is 0 Å². The van der Waals surface area contributed by atoms with Crippen molar-refractivity contribution in [2.24, 2.45) is 0 Å². The quantitative estimate of drug-likeness (QED) is 0.890. The number of nitrogens with zero attached hydrogens (tertiary/aromatic N) is 1. The SMILES string of the molecule is CC(C)(C)OC(=O)N[C@H](Cc1ccncc1Cl)C(=O)O. The van der Waals surface area contributed by atoms with E-state index in [1.165, 1.54) is 12.4 Å². The number of carboxylic acid groups (broad SMARTS) is 1. The average Bonchev–Trinajstić information content (AvgIpc) is 2.28. The Morgan fingerprint density at radius 1 is 1.50 bits per heavy atom. The van der Waals surface area contributed by atoms with Gasteiger partial charge in [-0.1, -0.05) is 11.6 Å². The molecule has 20 heavy (non-hydrogen) atoms. The molecule has 0 unspecified atom stereocenters. The van der Waals surface area contributed by atoms with Crippen LogP contribution in [0.15, 0.2) is 18.5 Å². The molecule has 7 heteroatoms. The third kappa shape index (κ3) is 5.44. The van der Waals surface area contributed by atoms with Crippen LogP contribution in [0, 0.1) is 0 Å². The van der Waals surface area contributed by atoms with Crippen LogP contribution in [0.3, 0.4) is 0 Å². The predicted octanol–water partition coefficient (Wildman–Crippen LogP) is 2.26. The minimum Gasteiger partial charge on any atom is -0.480 e. The number of ether oxygens (including phenoxy) is 1. The number of carbonyl (C=O) groups excluding carboxylic acids is 1. The van der Waals surface area contributed by atoms with Gasteiger partial charge in [-0.15, -0.1) is 0 Å². The Kier molecular flexibility index (Phi) is 5.33. The number of carbonyl (C=O) groups is 2. The van der Waals surface area contributed by atoms with Crippen molar-refractivity contribution in [3.05, 3.63) is 29.0 Å². The first-order chi connectivity index (χ1) is 9.19. The van der Waals surface area contributed by atoms with Crippen molar-refractivity contribution in [1.82, 2.24) is 10.3 Å². The van der Waals surface area contributed by atoms with E-state index in [2.05, 4.69) is 10.3 Å². The zero-order valence-corrected chi connectivity index (χ0v) is 12.3. The molecule has 0 saturated carbocycles. The molecule has 0 bridgehead atoms. The molecule has 0 aliphatic carbocycles. The summed E-state index contributed by atoms with van der Waals surface area (Å²) >= 11 is 5.92. The molecule has 0 spiro atoms. The van der Waals surface area contributed by atoms with Crippen LogP contribution in [0.2, 0.25) is 5.02 Å². The molecule has 1 heterocycles. The second-order valence-corrected chi connectivity index (χ2v) is 5.62. The number of hydrogen-bond donors (Lipinski definition) is 2. The van der Waals surface area contributed by atoms with Gasteiger partial charge >= 0.3 is 12.1 Å². The minimum atomic E-state index is -1.16. The Bertz CT molecular complexity index is 499. The van der Waals surface area contributed by atoms with E-state index in [0.717, 1.165) is 0 Å². The molecule has 1 amide bonds. The van der Waals surface area contributed by atoms with E-state index in [-0.39, 0.29) is 6.42 Å². The van der Waals surface area contributed by atoms with Gasteiger partial charge in [0.05, 0.1) is 5.02 Å². The Morgan fingerprint density at radius 2 is 2.15 bits per heavy atom. The normalized spacial score (nSPS) is 12.6. The molecule has 0 aliphatic rings. The second-order valence-electron chi connectivity index (χ2n) is 5.21. The van der Waals surface area contributed by atoms with Gasteiger partial charge in [0.15, 0.2) is 0 Å². The van der Waals surface area contributed by atoms with E-state index in [9.17, 15) is 9.59 Å². The van der Waals surface area contributed by atoms with Crippen LogP contribution in [0.4, 0.5) is 4.79 Å². The van der Waals surface area contributed by atoms with Crippen molar-refractivity contribution in [3.63, 3.8) is 0 Å². The molecule has 0 fully saturated rings. The molecule has 2 N–H and O–H groups in total. The number of halogens is 1. The fourth-order valence-electron chi connectivity index (χ4n) is 1.44. The molecule has 1 aromatic rings. The molecule has 0 radical (unpaired) electrons. The Balaban J connectivity index is 2.74. The largest absolute Gasteiger partial charge is 0.480 e. The first-order valence-electron chi connectivity index (χ1n) is 6.00. The van der Waals surface area contributed by atoms with E-state index in [4.69, 9.17) is 21.4 Å². The summed E-state index contributed by atoms with van der Waals surface area (Å²) in [5, 5.41) is 11.8. The second kappa shape index (κ2) is 6.56. The number of aromatic nitrogens is 1. The number of alkyl carbamates (subject to hydrolysis) is 1. The lowest BCUT2D eigenvalue weighted by Gasteiger charge is -2.22. The summed E-state index contributed by atoms with van der Waals surface area (Å²) in [5.41, 5.74) is -0.105. The Morgan fingerprint density at radius 3 is 2.65 bits per heavy atom. The monoisotopic (exact) mass is 300 g/mol. The molecule has 110 valence electrons. The molecule has 1 atom stereocenters. The van der Waals surface area contributed by atoms with Crippen LogP contribution < -0.4 is 5.32 Å². The maximum Gasteiger partial charge on any atom is 0.408 e. The standard InChI is InChI=1S/C13H17ClN2O4/c1-13(2,3)20-12(19)16-10(11(17)18)6-8-4-5-15-7-9(8)14/h4-5,7,10H,6H2,1-3H3,(H,16,19)(H,17,18)/t10-/m1/s1. The minimum absolute atomic E-state index is 0.0515. The molecule has 1 aromatic heterocycles. The number of hydrogen-bond acceptors (Lipinski definition) is 4. The Labute approximate surface area is 122 Å². The van der Waals surface area contributed by atoms with Crippen LogP contribution >= 0.6 is 11.6 Å². The molecular weight excluding hydrogens is 284 g/mol. The van der Waals surface area contributed by atoms with Gasteiger partial charge in [0.2, 0.25) is 0 Å². The molecule has 0 saturated heterocycles. The van der Waals surface area contributed by atoms with Crippen LogP contribution in [0.5, 0.6) is 0 Å². The van der Waals surface area contributed by atoms with Gasteiger partial charge in [-0.05, 0) is 32.4 Å². The summed E-state index contributed by atoms with van der Waals surface area (Å²) in [6.45, 7) is 5.09. The van der Waals surface area contributed by atoms with Crippen molar-refractivity contribution < 1.29 is 19.4 Å².